The molecule has 2 nitrogen and oxygen atoms in total. The van der Waals surface area contributed by atoms with Crippen molar-refractivity contribution in [2.75, 3.05) is 0 Å². The fraction of sp³-hybridized carbons (Fsp3) is 0.0625. The SMILES string of the molecule is Cc1ccc(SC=C2NC(=O)c3ccccc32)cc1. The molecule has 2 aromatic carbocycles. The van der Waals surface area contributed by atoms with E-state index in [0.29, 0.717) is 0 Å². The van der Waals surface area contributed by atoms with E-state index in [9.17, 15) is 4.79 Å². The Morgan fingerprint density at radius 1 is 1.00 bits per heavy atom. The van der Waals surface area contributed by atoms with Crippen LogP contribution in [-0.4, -0.2) is 5.91 Å². The average molecular weight is 267 g/mol. The van der Waals surface area contributed by atoms with Crippen molar-refractivity contribution >= 4 is 23.4 Å². The summed E-state index contributed by atoms with van der Waals surface area (Å²) >= 11 is 1.62. The third-order valence-electron chi connectivity index (χ3n) is 3.04. The monoisotopic (exact) mass is 267 g/mol. The molecule has 0 unspecified atom stereocenters. The molecule has 3 heteroatoms. The van der Waals surface area contributed by atoms with Gasteiger partial charge in [-0.25, -0.2) is 0 Å². The predicted octanol–water partition coefficient (Wildman–Crippen LogP) is 3.83. The number of amides is 1. The number of hydrogen-bond donors (Lipinski definition) is 1. The Hall–Kier alpha value is -2.00. The second kappa shape index (κ2) is 4.94. The lowest BCUT2D eigenvalue weighted by atomic mass is 10.1. The molecule has 1 aliphatic heterocycles. The molecule has 0 fully saturated rings. The molecule has 0 bridgehead atoms. The molecule has 3 rings (SSSR count). The normalized spacial score (nSPS) is 15.4. The minimum Gasteiger partial charge on any atom is -0.321 e. The molecule has 0 aromatic heterocycles. The van der Waals surface area contributed by atoms with Gasteiger partial charge in [0.25, 0.3) is 5.91 Å². The Morgan fingerprint density at radius 2 is 1.68 bits per heavy atom. The molecule has 2 aromatic rings. The minimum absolute atomic E-state index is 0.0219. The molecule has 0 saturated heterocycles. The third-order valence-corrected chi connectivity index (χ3v) is 3.94. The van der Waals surface area contributed by atoms with Gasteiger partial charge in [-0.3, -0.25) is 4.79 Å². The molecular formula is C16H13NOS. The second-order valence-corrected chi connectivity index (χ2v) is 5.40. The average Bonchev–Trinajstić information content (AvgIpc) is 2.76. The molecule has 0 saturated carbocycles. The summed E-state index contributed by atoms with van der Waals surface area (Å²) in [6.45, 7) is 2.07. The Balaban J connectivity index is 1.86. The van der Waals surface area contributed by atoms with Crippen molar-refractivity contribution < 1.29 is 4.79 Å². The highest BCUT2D eigenvalue weighted by Crippen LogP contribution is 2.29. The fourth-order valence-corrected chi connectivity index (χ4v) is 2.74. The van der Waals surface area contributed by atoms with Crippen molar-refractivity contribution in [3.05, 3.63) is 70.6 Å². The van der Waals surface area contributed by atoms with Crippen LogP contribution in [0.2, 0.25) is 0 Å². The van der Waals surface area contributed by atoms with Gasteiger partial charge in [0, 0.05) is 21.4 Å². The maximum atomic E-state index is 11.8. The van der Waals surface area contributed by atoms with Gasteiger partial charge in [0.05, 0.1) is 5.70 Å². The standard InChI is InChI=1S/C16H13NOS/c1-11-6-8-12(9-7-11)19-10-15-13-4-2-3-5-14(13)16(18)17-15/h2-10H,1H3,(H,17,18). The first kappa shape index (κ1) is 12.1. The van der Waals surface area contributed by atoms with Crippen LogP contribution in [0.1, 0.15) is 21.5 Å². The van der Waals surface area contributed by atoms with Crippen molar-refractivity contribution in [2.24, 2.45) is 0 Å². The maximum Gasteiger partial charge on any atom is 0.256 e. The van der Waals surface area contributed by atoms with Crippen LogP contribution in [0.3, 0.4) is 0 Å². The summed E-state index contributed by atoms with van der Waals surface area (Å²) in [5.74, 6) is -0.0219. The van der Waals surface area contributed by atoms with E-state index < -0.39 is 0 Å². The molecular weight excluding hydrogens is 254 g/mol. The first-order valence-corrected chi connectivity index (χ1v) is 6.96. The smallest absolute Gasteiger partial charge is 0.256 e. The summed E-state index contributed by atoms with van der Waals surface area (Å²) < 4.78 is 0. The van der Waals surface area contributed by atoms with E-state index in [1.807, 2.05) is 29.7 Å². The van der Waals surface area contributed by atoms with Gasteiger partial charge >= 0.3 is 0 Å². The molecule has 1 heterocycles. The second-order valence-electron chi connectivity index (χ2n) is 4.46. The van der Waals surface area contributed by atoms with Crippen molar-refractivity contribution in [1.29, 1.82) is 0 Å². The van der Waals surface area contributed by atoms with E-state index in [2.05, 4.69) is 36.5 Å². The van der Waals surface area contributed by atoms with Crippen LogP contribution in [0.5, 0.6) is 0 Å². The summed E-state index contributed by atoms with van der Waals surface area (Å²) in [5.41, 5.74) is 3.85. The van der Waals surface area contributed by atoms with Crippen molar-refractivity contribution in [3.8, 4) is 0 Å². The van der Waals surface area contributed by atoms with Gasteiger partial charge in [0.1, 0.15) is 0 Å². The van der Waals surface area contributed by atoms with Gasteiger partial charge in [-0.15, -0.1) is 0 Å². The summed E-state index contributed by atoms with van der Waals surface area (Å²) in [5, 5.41) is 4.90. The number of fused-ring (bicyclic) bond motifs is 1. The Bertz CT molecular complexity index is 659. The highest BCUT2D eigenvalue weighted by molar-refractivity contribution is 8.02. The van der Waals surface area contributed by atoms with E-state index in [4.69, 9.17) is 0 Å². The highest BCUT2D eigenvalue weighted by Gasteiger charge is 2.22. The lowest BCUT2D eigenvalue weighted by Gasteiger charge is -2.01. The molecule has 1 amide bonds. The van der Waals surface area contributed by atoms with E-state index in [-0.39, 0.29) is 5.91 Å². The first-order valence-electron chi connectivity index (χ1n) is 6.08. The van der Waals surface area contributed by atoms with E-state index in [1.54, 1.807) is 11.8 Å². The minimum atomic E-state index is -0.0219. The van der Waals surface area contributed by atoms with Crippen LogP contribution in [0.4, 0.5) is 0 Å². The van der Waals surface area contributed by atoms with Crippen molar-refractivity contribution in [2.45, 2.75) is 11.8 Å². The van der Waals surface area contributed by atoms with Gasteiger partial charge in [-0.05, 0) is 25.1 Å². The Labute approximate surface area is 116 Å². The topological polar surface area (TPSA) is 29.1 Å². The zero-order chi connectivity index (χ0) is 13.2. The van der Waals surface area contributed by atoms with Crippen LogP contribution >= 0.6 is 11.8 Å². The van der Waals surface area contributed by atoms with Gasteiger partial charge in [-0.1, -0.05) is 47.7 Å². The van der Waals surface area contributed by atoms with Crippen LogP contribution in [0, 0.1) is 6.92 Å². The number of carbonyl (C=O) groups excluding carboxylic acids is 1. The van der Waals surface area contributed by atoms with Gasteiger partial charge < -0.3 is 5.32 Å². The van der Waals surface area contributed by atoms with Crippen molar-refractivity contribution in [1.82, 2.24) is 5.32 Å². The molecule has 0 spiro atoms. The van der Waals surface area contributed by atoms with E-state index >= 15 is 0 Å². The number of nitrogens with one attached hydrogen (secondary N) is 1. The fourth-order valence-electron chi connectivity index (χ4n) is 2.01. The van der Waals surface area contributed by atoms with Crippen LogP contribution in [0.15, 0.2) is 58.8 Å². The van der Waals surface area contributed by atoms with Crippen LogP contribution < -0.4 is 5.32 Å². The largest absolute Gasteiger partial charge is 0.321 e. The zero-order valence-corrected chi connectivity index (χ0v) is 11.3. The maximum absolute atomic E-state index is 11.8. The van der Waals surface area contributed by atoms with Gasteiger partial charge in [0.15, 0.2) is 0 Å². The molecule has 0 atom stereocenters. The molecule has 0 radical (unpaired) electrons. The van der Waals surface area contributed by atoms with Crippen molar-refractivity contribution in [3.63, 3.8) is 0 Å². The predicted molar refractivity (Wildman–Crippen MR) is 78.9 cm³/mol. The number of hydrogen-bond acceptors (Lipinski definition) is 2. The lowest BCUT2D eigenvalue weighted by Crippen LogP contribution is -2.11. The highest BCUT2D eigenvalue weighted by atomic mass is 32.2. The lowest BCUT2D eigenvalue weighted by molar-refractivity contribution is 0.0981. The molecule has 1 N–H and O–H groups in total. The van der Waals surface area contributed by atoms with Crippen LogP contribution in [0.25, 0.3) is 5.70 Å². The van der Waals surface area contributed by atoms with Crippen LogP contribution in [-0.2, 0) is 0 Å². The number of thioether (sulfide) groups is 1. The quantitative estimate of drug-likeness (QED) is 0.838. The zero-order valence-electron chi connectivity index (χ0n) is 10.5. The number of rotatable bonds is 2. The summed E-state index contributed by atoms with van der Waals surface area (Å²) in [6, 6.07) is 16.0. The molecule has 0 aliphatic carbocycles. The summed E-state index contributed by atoms with van der Waals surface area (Å²) in [6.07, 6.45) is 0. The summed E-state index contributed by atoms with van der Waals surface area (Å²) in [4.78, 5) is 12.9. The molecule has 1 aliphatic rings. The first-order chi connectivity index (χ1) is 9.24. The number of carbonyl (C=O) groups is 1. The molecule has 94 valence electrons. The Kier molecular flexibility index (Phi) is 3.13. The van der Waals surface area contributed by atoms with E-state index in [1.165, 1.54) is 5.56 Å². The van der Waals surface area contributed by atoms with Gasteiger partial charge in [-0.2, -0.15) is 0 Å². The summed E-state index contributed by atoms with van der Waals surface area (Å²) in [7, 11) is 0. The Morgan fingerprint density at radius 3 is 2.42 bits per heavy atom. The molecule has 19 heavy (non-hydrogen) atoms. The number of aryl methyl sites for hydroxylation is 1. The number of benzene rings is 2. The van der Waals surface area contributed by atoms with E-state index in [0.717, 1.165) is 21.7 Å². The van der Waals surface area contributed by atoms with Gasteiger partial charge in [0.2, 0.25) is 0 Å². The third kappa shape index (κ3) is 2.42.